The molecule has 0 bridgehead atoms. The van der Waals surface area contributed by atoms with Gasteiger partial charge < -0.3 is 9.32 Å². The minimum absolute atomic E-state index is 0.157. The van der Waals surface area contributed by atoms with Crippen LogP contribution in [0.5, 0.6) is 0 Å². The molecule has 0 atom stereocenters. The van der Waals surface area contributed by atoms with Gasteiger partial charge in [0.1, 0.15) is 0 Å². The zero-order valence-electron chi connectivity index (χ0n) is 10.6. The second kappa shape index (κ2) is 4.91. The van der Waals surface area contributed by atoms with Crippen LogP contribution in [0.2, 0.25) is 0 Å². The number of rotatable bonds is 2. The van der Waals surface area contributed by atoms with E-state index in [4.69, 9.17) is 4.42 Å². The number of carbonyl (C=O) groups is 1. The van der Waals surface area contributed by atoms with E-state index < -0.39 is 5.76 Å². The molecule has 3 rings (SSSR count). The van der Waals surface area contributed by atoms with E-state index in [-0.39, 0.29) is 5.91 Å². The highest BCUT2D eigenvalue weighted by atomic mass is 16.4. The van der Waals surface area contributed by atoms with Crippen molar-refractivity contribution in [2.75, 3.05) is 13.1 Å². The first-order valence-electron chi connectivity index (χ1n) is 6.62. The number of benzene rings is 1. The molecule has 0 aliphatic carbocycles. The van der Waals surface area contributed by atoms with E-state index in [1.807, 2.05) is 17.0 Å². The van der Waals surface area contributed by atoms with Crippen LogP contribution in [0.15, 0.2) is 27.4 Å². The molecule has 100 valence electrons. The van der Waals surface area contributed by atoms with Gasteiger partial charge in [0.15, 0.2) is 5.58 Å². The Morgan fingerprint density at radius 3 is 2.84 bits per heavy atom. The summed E-state index contributed by atoms with van der Waals surface area (Å²) in [6, 6.07) is 5.37. The minimum Gasteiger partial charge on any atom is -0.408 e. The van der Waals surface area contributed by atoms with Crippen molar-refractivity contribution in [1.29, 1.82) is 0 Å². The van der Waals surface area contributed by atoms with Gasteiger partial charge in [-0.25, -0.2) is 4.79 Å². The molecule has 19 heavy (non-hydrogen) atoms. The average molecular weight is 260 g/mol. The summed E-state index contributed by atoms with van der Waals surface area (Å²) in [5.41, 5.74) is 2.08. The van der Waals surface area contributed by atoms with Crippen LogP contribution in [-0.4, -0.2) is 28.9 Å². The van der Waals surface area contributed by atoms with E-state index in [1.165, 1.54) is 6.42 Å². The summed E-state index contributed by atoms with van der Waals surface area (Å²) in [5.74, 6) is -0.306. The monoisotopic (exact) mass is 260 g/mol. The second-order valence-electron chi connectivity index (χ2n) is 4.96. The molecule has 1 aliphatic rings. The third-order valence-corrected chi connectivity index (χ3v) is 3.55. The number of carbonyl (C=O) groups excluding carboxylic acids is 1. The highest BCUT2D eigenvalue weighted by molar-refractivity contribution is 5.81. The fourth-order valence-electron chi connectivity index (χ4n) is 2.54. The number of piperidine rings is 1. The number of amides is 1. The van der Waals surface area contributed by atoms with Crippen LogP contribution >= 0.6 is 0 Å². The van der Waals surface area contributed by atoms with Crippen molar-refractivity contribution in [3.05, 3.63) is 34.3 Å². The largest absolute Gasteiger partial charge is 0.417 e. The van der Waals surface area contributed by atoms with Gasteiger partial charge in [-0.2, -0.15) is 0 Å². The van der Waals surface area contributed by atoms with E-state index >= 15 is 0 Å². The lowest BCUT2D eigenvalue weighted by Gasteiger charge is -2.26. The standard InChI is InChI=1S/C14H16N2O3/c17-13(16-6-2-1-3-7-16)9-10-4-5-12-11(8-10)15-14(18)19-12/h4-5,8H,1-3,6-7,9H2,(H,15,18). The van der Waals surface area contributed by atoms with Crippen LogP contribution in [0.1, 0.15) is 24.8 Å². The Morgan fingerprint density at radius 2 is 2.05 bits per heavy atom. The van der Waals surface area contributed by atoms with E-state index in [0.717, 1.165) is 31.5 Å². The Bertz CT molecular complexity index is 650. The maximum atomic E-state index is 12.1. The topological polar surface area (TPSA) is 66.3 Å². The molecule has 2 heterocycles. The highest BCUT2D eigenvalue weighted by Gasteiger charge is 2.16. The molecule has 0 saturated carbocycles. The maximum Gasteiger partial charge on any atom is 0.417 e. The number of nitrogens with one attached hydrogen (secondary N) is 1. The number of nitrogens with zero attached hydrogens (tertiary/aromatic N) is 1. The SMILES string of the molecule is O=C(Cc1ccc2oc(=O)[nH]c2c1)N1CCCCC1. The highest BCUT2D eigenvalue weighted by Crippen LogP contribution is 2.15. The summed E-state index contributed by atoms with van der Waals surface area (Å²) in [4.78, 5) is 27.7. The molecule has 1 N–H and O–H groups in total. The maximum absolute atomic E-state index is 12.1. The average Bonchev–Trinajstić information content (AvgIpc) is 2.79. The molecule has 5 heteroatoms. The predicted molar refractivity (Wildman–Crippen MR) is 71.0 cm³/mol. The van der Waals surface area contributed by atoms with Crippen LogP contribution in [-0.2, 0) is 11.2 Å². The first-order chi connectivity index (χ1) is 9.22. The quantitative estimate of drug-likeness (QED) is 0.893. The molecule has 1 aromatic carbocycles. The van der Waals surface area contributed by atoms with E-state index in [9.17, 15) is 9.59 Å². The summed E-state index contributed by atoms with van der Waals surface area (Å²) in [5, 5.41) is 0. The van der Waals surface area contributed by atoms with Crippen molar-refractivity contribution in [2.45, 2.75) is 25.7 Å². The van der Waals surface area contributed by atoms with Crippen molar-refractivity contribution < 1.29 is 9.21 Å². The van der Waals surface area contributed by atoms with Crippen molar-refractivity contribution in [3.63, 3.8) is 0 Å². The Balaban J connectivity index is 1.76. The van der Waals surface area contributed by atoms with Gasteiger partial charge in [-0.05, 0) is 37.0 Å². The van der Waals surface area contributed by atoms with Crippen molar-refractivity contribution >= 4 is 17.0 Å². The number of fused-ring (bicyclic) bond motifs is 1. The molecule has 1 fully saturated rings. The van der Waals surface area contributed by atoms with Gasteiger partial charge in [0.2, 0.25) is 5.91 Å². The van der Waals surface area contributed by atoms with Crippen LogP contribution in [0.3, 0.4) is 0 Å². The number of likely N-dealkylation sites (tertiary alicyclic amines) is 1. The van der Waals surface area contributed by atoms with Crippen LogP contribution in [0.25, 0.3) is 11.1 Å². The number of oxazole rings is 1. The van der Waals surface area contributed by atoms with Crippen molar-refractivity contribution in [1.82, 2.24) is 9.88 Å². The molecule has 1 amide bonds. The van der Waals surface area contributed by atoms with E-state index in [0.29, 0.717) is 17.5 Å². The smallest absolute Gasteiger partial charge is 0.408 e. The Hall–Kier alpha value is -2.04. The lowest BCUT2D eigenvalue weighted by molar-refractivity contribution is -0.131. The summed E-state index contributed by atoms with van der Waals surface area (Å²) >= 11 is 0. The number of hydrogen-bond acceptors (Lipinski definition) is 3. The molecule has 1 aromatic heterocycles. The number of hydrogen-bond donors (Lipinski definition) is 1. The fourth-order valence-corrected chi connectivity index (χ4v) is 2.54. The van der Waals surface area contributed by atoms with E-state index in [2.05, 4.69) is 4.98 Å². The van der Waals surface area contributed by atoms with Gasteiger partial charge in [-0.1, -0.05) is 6.07 Å². The first kappa shape index (κ1) is 12.0. The third-order valence-electron chi connectivity index (χ3n) is 3.55. The summed E-state index contributed by atoms with van der Waals surface area (Å²) in [7, 11) is 0. The summed E-state index contributed by atoms with van der Waals surface area (Å²) < 4.78 is 4.94. The summed E-state index contributed by atoms with van der Waals surface area (Å²) in [6.07, 6.45) is 3.79. The molecule has 0 radical (unpaired) electrons. The molecule has 1 saturated heterocycles. The van der Waals surface area contributed by atoms with Crippen molar-refractivity contribution in [3.8, 4) is 0 Å². The molecular weight excluding hydrogens is 244 g/mol. The molecule has 0 spiro atoms. The Labute approximate surface area is 110 Å². The van der Waals surface area contributed by atoms with Crippen LogP contribution in [0, 0.1) is 0 Å². The molecule has 0 unspecified atom stereocenters. The van der Waals surface area contributed by atoms with E-state index in [1.54, 1.807) is 6.07 Å². The Kier molecular flexibility index (Phi) is 3.11. The van der Waals surface area contributed by atoms with Gasteiger partial charge in [-0.3, -0.25) is 9.78 Å². The van der Waals surface area contributed by atoms with Crippen LogP contribution < -0.4 is 5.76 Å². The normalized spacial score (nSPS) is 15.9. The fraction of sp³-hybridized carbons (Fsp3) is 0.429. The number of aromatic amines is 1. The third kappa shape index (κ3) is 2.54. The Morgan fingerprint density at radius 1 is 1.26 bits per heavy atom. The summed E-state index contributed by atoms with van der Waals surface area (Å²) in [6.45, 7) is 1.73. The zero-order chi connectivity index (χ0) is 13.2. The number of H-pyrrole nitrogens is 1. The van der Waals surface area contributed by atoms with Gasteiger partial charge in [-0.15, -0.1) is 0 Å². The molecule has 2 aromatic rings. The van der Waals surface area contributed by atoms with Gasteiger partial charge in [0.05, 0.1) is 11.9 Å². The number of aromatic nitrogens is 1. The first-order valence-corrected chi connectivity index (χ1v) is 6.62. The molecule has 5 nitrogen and oxygen atoms in total. The lowest BCUT2D eigenvalue weighted by Crippen LogP contribution is -2.36. The second-order valence-corrected chi connectivity index (χ2v) is 4.96. The predicted octanol–water partition coefficient (Wildman–Crippen LogP) is 1.68. The van der Waals surface area contributed by atoms with Crippen molar-refractivity contribution in [2.24, 2.45) is 0 Å². The van der Waals surface area contributed by atoms with Gasteiger partial charge in [0, 0.05) is 13.1 Å². The minimum atomic E-state index is -0.463. The molecule has 1 aliphatic heterocycles. The van der Waals surface area contributed by atoms with Gasteiger partial charge >= 0.3 is 5.76 Å². The lowest BCUT2D eigenvalue weighted by atomic mass is 10.1. The molecular formula is C14H16N2O3. The van der Waals surface area contributed by atoms with Crippen LogP contribution in [0.4, 0.5) is 0 Å². The van der Waals surface area contributed by atoms with Gasteiger partial charge in [0.25, 0.3) is 0 Å². The zero-order valence-corrected chi connectivity index (χ0v) is 10.6.